The van der Waals surface area contributed by atoms with Crippen LogP contribution in [0.2, 0.25) is 0 Å². The van der Waals surface area contributed by atoms with Crippen LogP contribution >= 0.6 is 11.3 Å². The third-order valence-electron chi connectivity index (χ3n) is 3.80. The van der Waals surface area contributed by atoms with Crippen LogP contribution in [0.3, 0.4) is 0 Å². The molecule has 1 aromatic carbocycles. The second kappa shape index (κ2) is 7.74. The number of hydrogen-bond acceptors (Lipinski definition) is 3. The van der Waals surface area contributed by atoms with Crippen LogP contribution in [-0.4, -0.2) is 25.5 Å². The quantitative estimate of drug-likeness (QED) is 0.826. The van der Waals surface area contributed by atoms with Gasteiger partial charge in [0, 0.05) is 24.0 Å². The molecule has 0 aliphatic rings. The lowest BCUT2D eigenvalue weighted by molar-refractivity contribution is 0.306. The molecule has 0 saturated heterocycles. The van der Waals surface area contributed by atoms with E-state index in [-0.39, 0.29) is 0 Å². The number of nitrogens with zero attached hydrogens (tertiary/aromatic N) is 1. The monoisotopic (exact) mass is 302 g/mol. The molecule has 1 unspecified atom stereocenters. The molecule has 0 saturated carbocycles. The molecule has 0 aliphatic carbocycles. The van der Waals surface area contributed by atoms with Crippen LogP contribution in [0.4, 0.5) is 0 Å². The van der Waals surface area contributed by atoms with Gasteiger partial charge in [-0.3, -0.25) is 0 Å². The van der Waals surface area contributed by atoms with Crippen LogP contribution in [-0.2, 0) is 6.54 Å². The second-order valence-corrected chi connectivity index (χ2v) is 6.90. The summed E-state index contributed by atoms with van der Waals surface area (Å²) in [5.41, 5.74) is 4.09. The molecular weight excluding hydrogens is 276 g/mol. The van der Waals surface area contributed by atoms with E-state index in [1.54, 1.807) is 0 Å². The summed E-state index contributed by atoms with van der Waals surface area (Å²) in [4.78, 5) is 3.84. The van der Waals surface area contributed by atoms with Crippen molar-refractivity contribution < 1.29 is 0 Å². The average Bonchev–Trinajstić information content (AvgIpc) is 2.91. The Morgan fingerprint density at radius 2 is 1.90 bits per heavy atom. The lowest BCUT2D eigenvalue weighted by Gasteiger charge is -2.22. The summed E-state index contributed by atoms with van der Waals surface area (Å²) in [6.07, 6.45) is 1.13. The molecule has 2 nitrogen and oxygen atoms in total. The maximum Gasteiger partial charge on any atom is 0.0329 e. The highest BCUT2D eigenvalue weighted by Crippen LogP contribution is 2.20. The summed E-state index contributed by atoms with van der Waals surface area (Å²) in [5.74, 6) is 0. The van der Waals surface area contributed by atoms with Crippen molar-refractivity contribution >= 4 is 11.3 Å². The molecule has 0 amide bonds. The predicted octanol–water partition coefficient (Wildman–Crippen LogP) is 4.15. The van der Waals surface area contributed by atoms with E-state index in [0.717, 1.165) is 19.5 Å². The van der Waals surface area contributed by atoms with Gasteiger partial charge in [0.15, 0.2) is 0 Å². The van der Waals surface area contributed by atoms with E-state index in [0.29, 0.717) is 6.04 Å². The van der Waals surface area contributed by atoms with Crippen molar-refractivity contribution in [3.8, 4) is 0 Å². The largest absolute Gasteiger partial charge is 0.313 e. The van der Waals surface area contributed by atoms with Crippen molar-refractivity contribution in [3.05, 3.63) is 57.3 Å². The minimum atomic E-state index is 0.425. The highest BCUT2D eigenvalue weighted by molar-refractivity contribution is 7.09. The summed E-state index contributed by atoms with van der Waals surface area (Å²) in [6.45, 7) is 6.48. The van der Waals surface area contributed by atoms with Crippen molar-refractivity contribution in [1.29, 1.82) is 0 Å². The Labute approximate surface area is 132 Å². The molecule has 0 radical (unpaired) electrons. The number of aryl methyl sites for hydroxylation is 2. The molecule has 3 heteroatoms. The zero-order valence-electron chi connectivity index (χ0n) is 13.5. The van der Waals surface area contributed by atoms with Crippen LogP contribution < -0.4 is 5.32 Å². The van der Waals surface area contributed by atoms with Crippen molar-refractivity contribution in [3.63, 3.8) is 0 Å². The van der Waals surface area contributed by atoms with Gasteiger partial charge in [0.25, 0.3) is 0 Å². The zero-order valence-corrected chi connectivity index (χ0v) is 14.3. The van der Waals surface area contributed by atoms with Crippen LogP contribution in [0.5, 0.6) is 0 Å². The van der Waals surface area contributed by atoms with Gasteiger partial charge in [0.05, 0.1) is 0 Å². The molecule has 2 aromatic rings. The first-order valence-electron chi connectivity index (χ1n) is 7.55. The molecule has 1 heterocycles. The third kappa shape index (κ3) is 4.95. The predicted molar refractivity (Wildman–Crippen MR) is 93.0 cm³/mol. The Balaban J connectivity index is 1.92. The van der Waals surface area contributed by atoms with E-state index in [9.17, 15) is 0 Å². The van der Waals surface area contributed by atoms with E-state index in [4.69, 9.17) is 0 Å². The smallest absolute Gasteiger partial charge is 0.0329 e. The van der Waals surface area contributed by atoms with Gasteiger partial charge in [0.2, 0.25) is 0 Å². The number of rotatable bonds is 7. The summed E-state index contributed by atoms with van der Waals surface area (Å²) in [6, 6.07) is 11.6. The van der Waals surface area contributed by atoms with Gasteiger partial charge in [-0.1, -0.05) is 35.4 Å². The van der Waals surface area contributed by atoms with Crippen molar-refractivity contribution in [1.82, 2.24) is 10.2 Å². The van der Waals surface area contributed by atoms with Crippen LogP contribution in [0.1, 0.15) is 34.0 Å². The Kier molecular flexibility index (Phi) is 5.97. The zero-order chi connectivity index (χ0) is 15.2. The van der Waals surface area contributed by atoms with Crippen LogP contribution in [0.25, 0.3) is 0 Å². The maximum absolute atomic E-state index is 3.46. The van der Waals surface area contributed by atoms with Gasteiger partial charge in [-0.15, -0.1) is 11.3 Å². The fourth-order valence-electron chi connectivity index (χ4n) is 2.79. The lowest BCUT2D eigenvalue weighted by Crippen LogP contribution is -2.25. The van der Waals surface area contributed by atoms with Crippen molar-refractivity contribution in [2.75, 3.05) is 20.6 Å². The molecule has 0 bridgehead atoms. The van der Waals surface area contributed by atoms with E-state index in [2.05, 4.69) is 73.9 Å². The Morgan fingerprint density at radius 3 is 2.48 bits per heavy atom. The van der Waals surface area contributed by atoms with Gasteiger partial charge < -0.3 is 10.2 Å². The minimum Gasteiger partial charge on any atom is -0.313 e. The van der Waals surface area contributed by atoms with E-state index in [1.165, 1.54) is 21.6 Å². The summed E-state index contributed by atoms with van der Waals surface area (Å²) < 4.78 is 0. The number of nitrogens with one attached hydrogen (secondary N) is 1. The molecule has 114 valence electrons. The Hall–Kier alpha value is -1.16. The van der Waals surface area contributed by atoms with E-state index < -0.39 is 0 Å². The minimum absolute atomic E-state index is 0.425. The third-order valence-corrected chi connectivity index (χ3v) is 4.66. The summed E-state index contributed by atoms with van der Waals surface area (Å²) in [5, 5.41) is 5.61. The molecule has 2 rings (SSSR count). The van der Waals surface area contributed by atoms with Gasteiger partial charge in [-0.2, -0.15) is 0 Å². The number of benzene rings is 1. The van der Waals surface area contributed by atoms with E-state index >= 15 is 0 Å². The van der Waals surface area contributed by atoms with Crippen LogP contribution in [0.15, 0.2) is 35.7 Å². The topological polar surface area (TPSA) is 15.3 Å². The standard InChI is InChI=1S/C18H26N2S/c1-14-10-15(2)12-16(11-14)18(19-3)7-8-20(4)13-17-6-5-9-21-17/h5-6,9-12,18-19H,7-8,13H2,1-4H3. The van der Waals surface area contributed by atoms with E-state index in [1.807, 2.05) is 11.3 Å². The highest BCUT2D eigenvalue weighted by atomic mass is 32.1. The van der Waals surface area contributed by atoms with Gasteiger partial charge in [0.1, 0.15) is 0 Å². The molecular formula is C18H26N2S. The van der Waals surface area contributed by atoms with Crippen LogP contribution in [0, 0.1) is 13.8 Å². The summed E-state index contributed by atoms with van der Waals surface area (Å²) in [7, 11) is 4.26. The molecule has 21 heavy (non-hydrogen) atoms. The lowest BCUT2D eigenvalue weighted by atomic mass is 9.99. The molecule has 1 aromatic heterocycles. The fourth-order valence-corrected chi connectivity index (χ4v) is 3.57. The number of hydrogen-bond donors (Lipinski definition) is 1. The molecule has 1 atom stereocenters. The van der Waals surface area contributed by atoms with Crippen molar-refractivity contribution in [2.24, 2.45) is 0 Å². The van der Waals surface area contributed by atoms with Gasteiger partial charge in [-0.25, -0.2) is 0 Å². The molecule has 1 N–H and O–H groups in total. The first-order valence-corrected chi connectivity index (χ1v) is 8.43. The SMILES string of the molecule is CNC(CCN(C)Cc1cccs1)c1cc(C)cc(C)c1. The second-order valence-electron chi connectivity index (χ2n) is 5.87. The normalized spacial score (nSPS) is 12.8. The molecule has 0 spiro atoms. The van der Waals surface area contributed by atoms with Gasteiger partial charge >= 0.3 is 0 Å². The molecule has 0 fully saturated rings. The maximum atomic E-state index is 3.46. The Bertz CT molecular complexity index is 528. The summed E-state index contributed by atoms with van der Waals surface area (Å²) >= 11 is 1.83. The first-order chi connectivity index (χ1) is 10.1. The highest BCUT2D eigenvalue weighted by Gasteiger charge is 2.11. The van der Waals surface area contributed by atoms with Crippen molar-refractivity contribution in [2.45, 2.75) is 32.9 Å². The van der Waals surface area contributed by atoms with Gasteiger partial charge in [-0.05, 0) is 51.4 Å². The fraction of sp³-hybridized carbons (Fsp3) is 0.444. The molecule has 0 aliphatic heterocycles. The average molecular weight is 302 g/mol. The number of thiophene rings is 1. The Morgan fingerprint density at radius 1 is 1.19 bits per heavy atom. The first kappa shape index (κ1) is 16.2.